The number of hydrogen-bond donors (Lipinski definition) is 1. The summed E-state index contributed by atoms with van der Waals surface area (Å²) in [5, 5.41) is 7.37. The normalized spacial score (nSPS) is 19.0. The first kappa shape index (κ1) is 19.8. The number of nitrogens with zero attached hydrogens (tertiary/aromatic N) is 4. The first-order valence-corrected chi connectivity index (χ1v) is 10.4. The average Bonchev–Trinajstić information content (AvgIpc) is 3.33. The molecule has 0 unspecified atom stereocenters. The molecule has 1 aromatic heterocycles. The number of halogens is 1. The number of piperidine rings is 1. The Kier molecular flexibility index (Phi) is 5.80. The second-order valence-electron chi connectivity index (χ2n) is 8.18. The van der Waals surface area contributed by atoms with Crippen molar-refractivity contribution in [1.29, 1.82) is 0 Å². The standard InChI is InChI=1S/C21H28FN5O2/c1-25-21(29)27(18-4-2-3-5-18)20(24-25)15-10-12-26(13-11-15)14-19(28)23-17-8-6-16(22)7-9-17/h6-9,15,18H,2-5,10-14H2,1H3,(H,23,28). The van der Waals surface area contributed by atoms with E-state index in [1.54, 1.807) is 19.2 Å². The van der Waals surface area contributed by atoms with Crippen LogP contribution in [0.15, 0.2) is 29.1 Å². The zero-order chi connectivity index (χ0) is 20.4. The molecule has 0 atom stereocenters. The molecule has 2 fully saturated rings. The van der Waals surface area contributed by atoms with Crippen LogP contribution in [0.25, 0.3) is 0 Å². The lowest BCUT2D eigenvalue weighted by molar-refractivity contribution is -0.117. The van der Waals surface area contributed by atoms with Gasteiger partial charge in [0.1, 0.15) is 11.6 Å². The van der Waals surface area contributed by atoms with Gasteiger partial charge in [0.05, 0.1) is 6.54 Å². The van der Waals surface area contributed by atoms with Crippen LogP contribution >= 0.6 is 0 Å². The van der Waals surface area contributed by atoms with Crippen LogP contribution in [0.1, 0.15) is 56.3 Å². The fourth-order valence-corrected chi connectivity index (χ4v) is 4.57. The van der Waals surface area contributed by atoms with Gasteiger partial charge in [0, 0.05) is 24.7 Å². The zero-order valence-corrected chi connectivity index (χ0v) is 16.8. The molecule has 4 rings (SSSR count). The van der Waals surface area contributed by atoms with E-state index in [-0.39, 0.29) is 29.4 Å². The maximum Gasteiger partial charge on any atom is 0.345 e. The second kappa shape index (κ2) is 8.49. The van der Waals surface area contributed by atoms with E-state index in [2.05, 4.69) is 15.3 Å². The Morgan fingerprint density at radius 2 is 1.79 bits per heavy atom. The van der Waals surface area contributed by atoms with Crippen molar-refractivity contribution in [2.75, 3.05) is 25.0 Å². The third-order valence-corrected chi connectivity index (χ3v) is 6.12. The molecule has 2 heterocycles. The molecule has 1 aliphatic heterocycles. The van der Waals surface area contributed by atoms with E-state index in [0.717, 1.165) is 44.6 Å². The van der Waals surface area contributed by atoms with Crippen molar-refractivity contribution in [3.8, 4) is 0 Å². The van der Waals surface area contributed by atoms with Gasteiger partial charge in [0.15, 0.2) is 0 Å². The van der Waals surface area contributed by atoms with Gasteiger partial charge < -0.3 is 5.32 Å². The van der Waals surface area contributed by atoms with Gasteiger partial charge in [-0.2, -0.15) is 5.10 Å². The Morgan fingerprint density at radius 3 is 2.45 bits per heavy atom. The molecule has 1 aromatic carbocycles. The van der Waals surface area contributed by atoms with Gasteiger partial charge in [-0.3, -0.25) is 14.3 Å². The third kappa shape index (κ3) is 4.42. The van der Waals surface area contributed by atoms with Crippen LogP contribution in [-0.2, 0) is 11.8 Å². The molecule has 2 aromatic rings. The molecule has 1 N–H and O–H groups in total. The third-order valence-electron chi connectivity index (χ3n) is 6.12. The lowest BCUT2D eigenvalue weighted by Crippen LogP contribution is -2.39. The second-order valence-corrected chi connectivity index (χ2v) is 8.18. The van der Waals surface area contributed by atoms with Crippen LogP contribution in [0.2, 0.25) is 0 Å². The van der Waals surface area contributed by atoms with E-state index >= 15 is 0 Å². The fraction of sp³-hybridized carbons (Fsp3) is 0.571. The van der Waals surface area contributed by atoms with Crippen LogP contribution in [0.5, 0.6) is 0 Å². The van der Waals surface area contributed by atoms with Crippen molar-refractivity contribution in [3.63, 3.8) is 0 Å². The van der Waals surface area contributed by atoms with Crippen LogP contribution in [0.3, 0.4) is 0 Å². The zero-order valence-electron chi connectivity index (χ0n) is 16.8. The molecular formula is C21H28FN5O2. The van der Waals surface area contributed by atoms with Crippen LogP contribution < -0.4 is 11.0 Å². The molecule has 1 aliphatic carbocycles. The highest BCUT2D eigenvalue weighted by atomic mass is 19.1. The molecule has 1 saturated heterocycles. The minimum Gasteiger partial charge on any atom is -0.325 e. The van der Waals surface area contributed by atoms with Crippen molar-refractivity contribution < 1.29 is 9.18 Å². The summed E-state index contributed by atoms with van der Waals surface area (Å²) in [7, 11) is 1.73. The van der Waals surface area contributed by atoms with Gasteiger partial charge in [0.25, 0.3) is 0 Å². The van der Waals surface area contributed by atoms with Crippen LogP contribution in [-0.4, -0.2) is 44.8 Å². The summed E-state index contributed by atoms with van der Waals surface area (Å²) < 4.78 is 16.4. The summed E-state index contributed by atoms with van der Waals surface area (Å²) >= 11 is 0. The number of carbonyl (C=O) groups is 1. The van der Waals surface area contributed by atoms with Gasteiger partial charge in [-0.25, -0.2) is 13.9 Å². The Hall–Kier alpha value is -2.48. The number of amides is 1. The number of likely N-dealkylation sites (tertiary alicyclic amines) is 1. The molecule has 0 spiro atoms. The summed E-state index contributed by atoms with van der Waals surface area (Å²) in [6.07, 6.45) is 6.22. The molecule has 1 saturated carbocycles. The van der Waals surface area contributed by atoms with Gasteiger partial charge in [-0.15, -0.1) is 0 Å². The Labute approximate surface area is 169 Å². The monoisotopic (exact) mass is 401 g/mol. The van der Waals surface area contributed by atoms with Crippen LogP contribution in [0.4, 0.5) is 10.1 Å². The first-order valence-electron chi connectivity index (χ1n) is 10.4. The highest BCUT2D eigenvalue weighted by Gasteiger charge is 2.30. The fourth-order valence-electron chi connectivity index (χ4n) is 4.57. The number of benzene rings is 1. The van der Waals surface area contributed by atoms with Gasteiger partial charge in [-0.05, 0) is 63.0 Å². The number of hydrogen-bond acceptors (Lipinski definition) is 4. The molecule has 2 aliphatic rings. The summed E-state index contributed by atoms with van der Waals surface area (Å²) in [6, 6.07) is 6.06. The number of aromatic nitrogens is 3. The summed E-state index contributed by atoms with van der Waals surface area (Å²) in [5.74, 6) is 0.743. The maximum absolute atomic E-state index is 13.0. The number of carbonyl (C=O) groups excluding carboxylic acids is 1. The predicted octanol–water partition coefficient (Wildman–Crippen LogP) is 2.65. The van der Waals surface area contributed by atoms with Crippen molar-refractivity contribution in [2.24, 2.45) is 7.05 Å². The molecule has 156 valence electrons. The van der Waals surface area contributed by atoms with E-state index in [0.29, 0.717) is 12.2 Å². The smallest absolute Gasteiger partial charge is 0.325 e. The van der Waals surface area contributed by atoms with Gasteiger partial charge >= 0.3 is 5.69 Å². The van der Waals surface area contributed by atoms with Crippen molar-refractivity contribution in [1.82, 2.24) is 19.2 Å². The maximum atomic E-state index is 13.0. The average molecular weight is 401 g/mol. The largest absolute Gasteiger partial charge is 0.345 e. The molecular weight excluding hydrogens is 373 g/mol. The number of nitrogens with one attached hydrogen (secondary N) is 1. The highest BCUT2D eigenvalue weighted by molar-refractivity contribution is 5.92. The van der Waals surface area contributed by atoms with E-state index in [4.69, 9.17) is 0 Å². The van der Waals surface area contributed by atoms with E-state index in [1.807, 2.05) is 4.57 Å². The number of aryl methyl sites for hydroxylation is 1. The topological polar surface area (TPSA) is 72.2 Å². The summed E-state index contributed by atoms with van der Waals surface area (Å²) in [6.45, 7) is 1.88. The Balaban J connectivity index is 1.35. The molecule has 8 heteroatoms. The number of rotatable bonds is 5. The lowest BCUT2D eigenvalue weighted by Gasteiger charge is -2.31. The van der Waals surface area contributed by atoms with Crippen LogP contribution in [0, 0.1) is 5.82 Å². The Bertz CT molecular complexity index is 906. The quantitative estimate of drug-likeness (QED) is 0.836. The molecule has 29 heavy (non-hydrogen) atoms. The number of anilines is 1. The Morgan fingerprint density at radius 1 is 1.14 bits per heavy atom. The van der Waals surface area contributed by atoms with E-state index in [9.17, 15) is 14.0 Å². The highest BCUT2D eigenvalue weighted by Crippen LogP contribution is 2.33. The molecule has 1 amide bonds. The van der Waals surface area contributed by atoms with Gasteiger partial charge in [-0.1, -0.05) is 12.8 Å². The summed E-state index contributed by atoms with van der Waals surface area (Å²) in [5.41, 5.74) is 0.591. The van der Waals surface area contributed by atoms with E-state index in [1.165, 1.54) is 29.7 Å². The lowest BCUT2D eigenvalue weighted by atomic mass is 9.95. The van der Waals surface area contributed by atoms with E-state index < -0.39 is 0 Å². The molecule has 0 radical (unpaired) electrons. The first-order chi connectivity index (χ1) is 14.0. The SMILES string of the molecule is Cn1nc(C2CCN(CC(=O)Nc3ccc(F)cc3)CC2)n(C2CCCC2)c1=O. The minimum absolute atomic E-state index is 0.00648. The van der Waals surface area contributed by atoms with Crippen molar-refractivity contribution in [3.05, 3.63) is 46.4 Å². The van der Waals surface area contributed by atoms with Crippen molar-refractivity contribution >= 4 is 11.6 Å². The molecule has 7 nitrogen and oxygen atoms in total. The predicted molar refractivity (Wildman–Crippen MR) is 108 cm³/mol. The van der Waals surface area contributed by atoms with Gasteiger partial charge in [0.2, 0.25) is 5.91 Å². The molecule has 0 bridgehead atoms. The van der Waals surface area contributed by atoms with Crippen molar-refractivity contribution in [2.45, 2.75) is 50.5 Å². The summed E-state index contributed by atoms with van der Waals surface area (Å²) in [4.78, 5) is 27.0. The minimum atomic E-state index is -0.323.